The molecule has 0 spiro atoms. The fourth-order valence-corrected chi connectivity index (χ4v) is 1.97. The molecule has 19 heavy (non-hydrogen) atoms. The van der Waals surface area contributed by atoms with Crippen molar-refractivity contribution in [2.75, 3.05) is 25.3 Å². The maximum absolute atomic E-state index is 11.7. The first kappa shape index (κ1) is 14.4. The molecule has 2 rings (SSSR count). The Morgan fingerprint density at radius 2 is 2.26 bits per heavy atom. The summed E-state index contributed by atoms with van der Waals surface area (Å²) in [5, 5.41) is 6.29. The lowest BCUT2D eigenvalue weighted by Gasteiger charge is -2.23. The van der Waals surface area contributed by atoms with E-state index in [1.807, 2.05) is 0 Å². The molecule has 1 heterocycles. The average Bonchev–Trinajstić information content (AvgIpc) is 2.42. The monoisotopic (exact) mass is 304 g/mol. The Morgan fingerprint density at radius 1 is 1.42 bits per heavy atom. The number of nitrogens with one attached hydrogen (secondary N) is 2. The van der Waals surface area contributed by atoms with Crippen LogP contribution < -0.4 is 10.6 Å². The predicted molar refractivity (Wildman–Crippen MR) is 73.8 cm³/mol. The van der Waals surface area contributed by atoms with Gasteiger partial charge in [-0.1, -0.05) is 23.2 Å². The Bertz CT molecular complexity index is 451. The molecule has 0 radical (unpaired) electrons. The third kappa shape index (κ3) is 4.54. The van der Waals surface area contributed by atoms with Crippen LogP contribution in [0.25, 0.3) is 0 Å². The van der Waals surface area contributed by atoms with E-state index in [-0.39, 0.29) is 18.9 Å². The van der Waals surface area contributed by atoms with Gasteiger partial charge in [0.05, 0.1) is 23.4 Å². The Hall–Kier alpha value is -1.01. The lowest BCUT2D eigenvalue weighted by molar-refractivity contribution is -0.136. The summed E-state index contributed by atoms with van der Waals surface area (Å²) >= 11 is 11.8. The molecule has 0 saturated carbocycles. The highest BCUT2D eigenvalue weighted by Gasteiger charge is 2.15. The summed E-state index contributed by atoms with van der Waals surface area (Å²) in [6.07, 6.45) is 0.743. The number of benzene rings is 1. The van der Waals surface area contributed by atoms with Gasteiger partial charge >= 0.3 is 6.03 Å². The molecular weight excluding hydrogens is 291 g/mol. The van der Waals surface area contributed by atoms with Crippen LogP contribution in [-0.2, 0) is 9.47 Å². The minimum atomic E-state index is -0.348. The Labute approximate surface area is 121 Å². The Morgan fingerprint density at radius 3 is 3.00 bits per heavy atom. The van der Waals surface area contributed by atoms with Crippen molar-refractivity contribution >= 4 is 34.9 Å². The van der Waals surface area contributed by atoms with Crippen molar-refractivity contribution in [3.8, 4) is 0 Å². The van der Waals surface area contributed by atoms with E-state index in [4.69, 9.17) is 32.7 Å². The zero-order valence-corrected chi connectivity index (χ0v) is 11.6. The van der Waals surface area contributed by atoms with Gasteiger partial charge < -0.3 is 20.1 Å². The van der Waals surface area contributed by atoms with E-state index in [0.717, 1.165) is 6.42 Å². The van der Waals surface area contributed by atoms with Gasteiger partial charge in [-0.15, -0.1) is 0 Å². The van der Waals surface area contributed by atoms with Gasteiger partial charge in [-0.25, -0.2) is 4.79 Å². The molecule has 0 aromatic heterocycles. The first-order valence-corrected chi connectivity index (χ1v) is 6.60. The van der Waals surface area contributed by atoms with Crippen LogP contribution in [0.3, 0.4) is 0 Å². The second-order valence-electron chi connectivity index (χ2n) is 4.06. The lowest BCUT2D eigenvalue weighted by atomic mass is 10.2. The lowest BCUT2D eigenvalue weighted by Crippen LogP contribution is -2.39. The van der Waals surface area contributed by atoms with Gasteiger partial charge in [-0.3, -0.25) is 0 Å². The van der Waals surface area contributed by atoms with Crippen LogP contribution >= 0.6 is 23.2 Å². The minimum Gasteiger partial charge on any atom is -0.355 e. The molecule has 1 aliphatic rings. The fourth-order valence-electron chi connectivity index (χ4n) is 1.63. The molecule has 104 valence electrons. The van der Waals surface area contributed by atoms with Crippen LogP contribution in [0.4, 0.5) is 10.5 Å². The summed E-state index contributed by atoms with van der Waals surface area (Å²) < 4.78 is 10.4. The van der Waals surface area contributed by atoms with Crippen molar-refractivity contribution < 1.29 is 14.3 Å². The number of hydrogen-bond acceptors (Lipinski definition) is 3. The van der Waals surface area contributed by atoms with E-state index in [1.54, 1.807) is 18.2 Å². The van der Waals surface area contributed by atoms with Crippen LogP contribution in [0.15, 0.2) is 18.2 Å². The third-order valence-corrected chi connectivity index (χ3v) is 3.20. The maximum Gasteiger partial charge on any atom is 0.319 e. The van der Waals surface area contributed by atoms with E-state index in [0.29, 0.717) is 28.9 Å². The minimum absolute atomic E-state index is 0.0191. The van der Waals surface area contributed by atoms with Gasteiger partial charge in [0.25, 0.3) is 0 Å². The third-order valence-electron chi connectivity index (χ3n) is 2.64. The molecule has 2 amide bonds. The van der Waals surface area contributed by atoms with Crippen molar-refractivity contribution in [2.24, 2.45) is 0 Å². The number of carbonyl (C=O) groups is 1. The van der Waals surface area contributed by atoms with Crippen molar-refractivity contribution in [2.45, 2.75) is 12.5 Å². The molecule has 5 nitrogen and oxygen atoms in total. The van der Waals surface area contributed by atoms with Crippen LogP contribution in [0, 0.1) is 0 Å². The SMILES string of the molecule is O=C(NC[C@@H]1CCOCO1)Nc1cc(Cl)ccc1Cl. The molecule has 1 aromatic carbocycles. The predicted octanol–water partition coefficient (Wildman–Crippen LogP) is 2.88. The Kier molecular flexibility index (Phi) is 5.27. The van der Waals surface area contributed by atoms with E-state index < -0.39 is 0 Å². The first-order chi connectivity index (χ1) is 9.15. The van der Waals surface area contributed by atoms with E-state index >= 15 is 0 Å². The van der Waals surface area contributed by atoms with Gasteiger partial charge in [0.1, 0.15) is 6.79 Å². The quantitative estimate of drug-likeness (QED) is 0.902. The molecule has 1 saturated heterocycles. The normalized spacial score (nSPS) is 18.9. The summed E-state index contributed by atoms with van der Waals surface area (Å²) in [6, 6.07) is 4.53. The highest BCUT2D eigenvalue weighted by atomic mass is 35.5. The Balaban J connectivity index is 1.81. The zero-order chi connectivity index (χ0) is 13.7. The maximum atomic E-state index is 11.7. The molecule has 2 N–H and O–H groups in total. The van der Waals surface area contributed by atoms with Crippen molar-refractivity contribution in [3.05, 3.63) is 28.2 Å². The van der Waals surface area contributed by atoms with E-state index in [1.165, 1.54) is 0 Å². The number of ether oxygens (including phenoxy) is 2. The van der Waals surface area contributed by atoms with Gasteiger partial charge in [-0.2, -0.15) is 0 Å². The fraction of sp³-hybridized carbons (Fsp3) is 0.417. The number of rotatable bonds is 3. The number of carbonyl (C=O) groups excluding carboxylic acids is 1. The number of hydrogen-bond donors (Lipinski definition) is 2. The smallest absolute Gasteiger partial charge is 0.319 e. The number of halogens is 2. The average molecular weight is 305 g/mol. The standard InChI is InChI=1S/C12H14Cl2N2O3/c13-8-1-2-10(14)11(5-8)16-12(17)15-6-9-3-4-18-7-19-9/h1-2,5,9H,3-4,6-7H2,(H2,15,16,17)/t9-/m0/s1. The van der Waals surface area contributed by atoms with E-state index in [2.05, 4.69) is 10.6 Å². The molecule has 1 aliphatic heterocycles. The van der Waals surface area contributed by atoms with Crippen LogP contribution in [0.1, 0.15) is 6.42 Å². The van der Waals surface area contributed by atoms with Crippen LogP contribution in [-0.4, -0.2) is 32.1 Å². The van der Waals surface area contributed by atoms with Gasteiger partial charge in [0, 0.05) is 11.6 Å². The van der Waals surface area contributed by atoms with Crippen molar-refractivity contribution in [1.29, 1.82) is 0 Å². The van der Waals surface area contributed by atoms with Gasteiger partial charge in [0.2, 0.25) is 0 Å². The first-order valence-electron chi connectivity index (χ1n) is 5.84. The molecule has 7 heteroatoms. The van der Waals surface area contributed by atoms with Crippen molar-refractivity contribution in [3.63, 3.8) is 0 Å². The molecule has 1 fully saturated rings. The molecule has 1 atom stereocenters. The second-order valence-corrected chi connectivity index (χ2v) is 4.91. The summed E-state index contributed by atoms with van der Waals surface area (Å²) in [4.78, 5) is 11.7. The summed E-state index contributed by atoms with van der Waals surface area (Å²) in [6.45, 7) is 1.34. The van der Waals surface area contributed by atoms with Gasteiger partial charge in [-0.05, 0) is 24.6 Å². The number of amides is 2. The van der Waals surface area contributed by atoms with Crippen LogP contribution in [0.5, 0.6) is 0 Å². The summed E-state index contributed by atoms with van der Waals surface area (Å²) in [5.41, 5.74) is 0.472. The molecule has 0 unspecified atom stereocenters. The number of anilines is 1. The molecule has 1 aromatic rings. The highest BCUT2D eigenvalue weighted by molar-refractivity contribution is 6.35. The second kappa shape index (κ2) is 6.96. The largest absolute Gasteiger partial charge is 0.355 e. The molecule has 0 bridgehead atoms. The highest BCUT2D eigenvalue weighted by Crippen LogP contribution is 2.25. The van der Waals surface area contributed by atoms with Gasteiger partial charge in [0.15, 0.2) is 0 Å². The van der Waals surface area contributed by atoms with E-state index in [9.17, 15) is 4.79 Å². The number of urea groups is 1. The summed E-state index contributed by atoms with van der Waals surface area (Å²) in [5.74, 6) is 0. The topological polar surface area (TPSA) is 59.6 Å². The van der Waals surface area contributed by atoms with Crippen LogP contribution in [0.2, 0.25) is 10.0 Å². The van der Waals surface area contributed by atoms with Crippen molar-refractivity contribution in [1.82, 2.24) is 5.32 Å². The molecule has 0 aliphatic carbocycles. The summed E-state index contributed by atoms with van der Waals surface area (Å²) in [7, 11) is 0. The molecular formula is C12H14Cl2N2O3. The zero-order valence-electron chi connectivity index (χ0n) is 10.1.